The van der Waals surface area contributed by atoms with Gasteiger partial charge in [-0.3, -0.25) is 14.5 Å². The molecule has 0 aliphatic carbocycles. The van der Waals surface area contributed by atoms with Crippen molar-refractivity contribution in [3.05, 3.63) is 44.9 Å². The first-order chi connectivity index (χ1) is 10.0. The zero-order valence-electron chi connectivity index (χ0n) is 12.3. The van der Waals surface area contributed by atoms with Crippen LogP contribution < -0.4 is 4.90 Å². The number of nitrogens with zero attached hydrogens (tertiary/aromatic N) is 2. The molecule has 0 atom stereocenters. The van der Waals surface area contributed by atoms with Gasteiger partial charge < -0.3 is 0 Å². The Morgan fingerprint density at radius 1 is 1.24 bits per heavy atom. The summed E-state index contributed by atoms with van der Waals surface area (Å²) in [7, 11) is 0. The Labute approximate surface area is 127 Å². The Bertz CT molecular complexity index is 749. The van der Waals surface area contributed by atoms with E-state index < -0.39 is 11.7 Å². The maximum atomic E-state index is 12.3. The molecule has 1 aromatic heterocycles. The summed E-state index contributed by atoms with van der Waals surface area (Å²) in [5, 5.41) is 3.00. The topological polar surface area (TPSA) is 50.3 Å². The summed E-state index contributed by atoms with van der Waals surface area (Å²) in [5.41, 5.74) is 4.04. The van der Waals surface area contributed by atoms with Gasteiger partial charge in [-0.25, -0.2) is 4.98 Å². The molecule has 0 unspecified atom stereocenters. The van der Waals surface area contributed by atoms with Crippen molar-refractivity contribution in [2.75, 3.05) is 4.90 Å². The Morgan fingerprint density at radius 3 is 2.67 bits per heavy atom. The summed E-state index contributed by atoms with van der Waals surface area (Å²) in [6, 6.07) is 3.79. The number of thiazole rings is 1. The molecular formula is C16H16N2O2S. The SMILES string of the molecule is CCc1nc(CN2C(=O)C(=O)c3cc(C)cc(C)c32)cs1. The lowest BCUT2D eigenvalue weighted by molar-refractivity contribution is -0.114. The first-order valence-electron chi connectivity index (χ1n) is 6.92. The molecule has 1 aliphatic rings. The van der Waals surface area contributed by atoms with Crippen LogP contribution in [0.2, 0.25) is 0 Å². The number of aromatic nitrogens is 1. The van der Waals surface area contributed by atoms with Crippen LogP contribution in [0, 0.1) is 13.8 Å². The van der Waals surface area contributed by atoms with Crippen LogP contribution in [0.25, 0.3) is 0 Å². The first kappa shape index (κ1) is 13.9. The van der Waals surface area contributed by atoms with Crippen molar-refractivity contribution in [3.8, 4) is 0 Å². The smallest absolute Gasteiger partial charge is 0.298 e. The first-order valence-corrected chi connectivity index (χ1v) is 7.80. The van der Waals surface area contributed by atoms with Gasteiger partial charge in [0, 0.05) is 5.38 Å². The molecule has 21 heavy (non-hydrogen) atoms. The predicted molar refractivity (Wildman–Crippen MR) is 82.9 cm³/mol. The monoisotopic (exact) mass is 300 g/mol. The van der Waals surface area contributed by atoms with E-state index in [0.29, 0.717) is 12.1 Å². The number of benzene rings is 1. The van der Waals surface area contributed by atoms with E-state index >= 15 is 0 Å². The molecule has 0 spiro atoms. The number of carbonyl (C=O) groups excluding carboxylic acids is 2. The fourth-order valence-electron chi connectivity index (χ4n) is 2.73. The fraction of sp³-hybridized carbons (Fsp3) is 0.312. The number of carbonyl (C=O) groups is 2. The van der Waals surface area contributed by atoms with Gasteiger partial charge in [0.2, 0.25) is 0 Å². The predicted octanol–water partition coefficient (Wildman–Crippen LogP) is 3.05. The van der Waals surface area contributed by atoms with E-state index in [-0.39, 0.29) is 0 Å². The normalized spacial score (nSPS) is 14.0. The van der Waals surface area contributed by atoms with Crippen LogP contribution in [0.3, 0.4) is 0 Å². The van der Waals surface area contributed by atoms with Gasteiger partial charge in [0.1, 0.15) is 0 Å². The van der Waals surface area contributed by atoms with Gasteiger partial charge in [-0.15, -0.1) is 11.3 Å². The number of ketones is 1. The number of hydrogen-bond donors (Lipinski definition) is 0. The zero-order chi connectivity index (χ0) is 15.1. The average molecular weight is 300 g/mol. The molecule has 0 saturated heterocycles. The maximum Gasteiger partial charge on any atom is 0.299 e. The van der Waals surface area contributed by atoms with Crippen LogP contribution in [0.5, 0.6) is 0 Å². The highest BCUT2D eigenvalue weighted by molar-refractivity contribution is 7.09. The largest absolute Gasteiger partial charge is 0.299 e. The van der Waals surface area contributed by atoms with Gasteiger partial charge in [-0.05, 0) is 37.5 Å². The van der Waals surface area contributed by atoms with E-state index in [0.717, 1.165) is 33.9 Å². The quantitative estimate of drug-likeness (QED) is 0.819. The second kappa shape index (κ2) is 5.07. The molecule has 2 heterocycles. The molecule has 4 nitrogen and oxygen atoms in total. The second-order valence-electron chi connectivity index (χ2n) is 5.28. The lowest BCUT2D eigenvalue weighted by Gasteiger charge is -2.17. The van der Waals surface area contributed by atoms with Crippen LogP contribution in [0.1, 0.15) is 39.1 Å². The van der Waals surface area contributed by atoms with Gasteiger partial charge in [-0.2, -0.15) is 0 Å². The maximum absolute atomic E-state index is 12.3. The Kier molecular flexibility index (Phi) is 3.37. The van der Waals surface area contributed by atoms with Crippen LogP contribution in [-0.4, -0.2) is 16.7 Å². The molecular weight excluding hydrogens is 284 g/mol. The molecule has 1 aromatic carbocycles. The van der Waals surface area contributed by atoms with Gasteiger partial charge >= 0.3 is 0 Å². The molecule has 2 aromatic rings. The third kappa shape index (κ3) is 2.27. The van der Waals surface area contributed by atoms with Gasteiger partial charge in [-0.1, -0.05) is 13.0 Å². The lowest BCUT2D eigenvalue weighted by Crippen LogP contribution is -2.29. The van der Waals surface area contributed by atoms with Crippen molar-refractivity contribution in [2.24, 2.45) is 0 Å². The number of aryl methyl sites for hydroxylation is 3. The highest BCUT2D eigenvalue weighted by Crippen LogP contribution is 2.34. The number of rotatable bonds is 3. The summed E-state index contributed by atoms with van der Waals surface area (Å²) in [6.07, 6.45) is 0.881. The van der Waals surface area contributed by atoms with Gasteiger partial charge in [0.05, 0.1) is 28.5 Å². The molecule has 0 N–H and O–H groups in total. The summed E-state index contributed by atoms with van der Waals surface area (Å²) in [6.45, 7) is 6.28. The van der Waals surface area contributed by atoms with Crippen LogP contribution >= 0.6 is 11.3 Å². The van der Waals surface area contributed by atoms with E-state index in [4.69, 9.17) is 0 Å². The number of hydrogen-bond acceptors (Lipinski definition) is 4. The Balaban J connectivity index is 2.01. The van der Waals surface area contributed by atoms with Gasteiger partial charge in [0.15, 0.2) is 0 Å². The minimum absolute atomic E-state index is 0.359. The van der Waals surface area contributed by atoms with Gasteiger partial charge in [0.25, 0.3) is 11.7 Å². The minimum Gasteiger partial charge on any atom is -0.298 e. The molecule has 3 rings (SSSR count). The zero-order valence-corrected chi connectivity index (χ0v) is 13.1. The van der Waals surface area contributed by atoms with Crippen molar-refractivity contribution in [2.45, 2.75) is 33.7 Å². The molecule has 1 aliphatic heterocycles. The third-order valence-corrected chi connectivity index (χ3v) is 4.66. The molecule has 5 heteroatoms. The average Bonchev–Trinajstić information content (AvgIpc) is 2.98. The van der Waals surface area contributed by atoms with Crippen molar-refractivity contribution in [3.63, 3.8) is 0 Å². The molecule has 0 saturated carbocycles. The summed E-state index contributed by atoms with van der Waals surface area (Å²) < 4.78 is 0. The molecule has 108 valence electrons. The number of fused-ring (bicyclic) bond motifs is 1. The minimum atomic E-state index is -0.454. The summed E-state index contributed by atoms with van der Waals surface area (Å²) >= 11 is 1.59. The lowest BCUT2D eigenvalue weighted by atomic mass is 10.0. The van der Waals surface area contributed by atoms with Crippen LogP contribution in [-0.2, 0) is 17.8 Å². The van der Waals surface area contributed by atoms with Crippen LogP contribution in [0.4, 0.5) is 5.69 Å². The Hall–Kier alpha value is -2.01. The highest BCUT2D eigenvalue weighted by Gasteiger charge is 2.37. The Morgan fingerprint density at radius 2 is 2.00 bits per heavy atom. The molecule has 0 fully saturated rings. The number of anilines is 1. The number of Topliss-reactive ketones (excluding diaryl/α,β-unsaturated/α-hetero) is 1. The van der Waals surface area contributed by atoms with E-state index in [1.54, 1.807) is 22.3 Å². The standard InChI is InChI=1S/C16H16N2O2S/c1-4-13-17-11(8-21-13)7-18-14-10(3)5-9(2)6-12(14)15(19)16(18)20/h5-6,8H,4,7H2,1-3H3. The summed E-state index contributed by atoms with van der Waals surface area (Å²) in [4.78, 5) is 30.5. The van der Waals surface area contributed by atoms with Crippen molar-refractivity contribution >= 4 is 28.7 Å². The van der Waals surface area contributed by atoms with Crippen molar-refractivity contribution in [1.29, 1.82) is 0 Å². The number of amides is 1. The second-order valence-corrected chi connectivity index (χ2v) is 6.23. The van der Waals surface area contributed by atoms with Crippen molar-refractivity contribution < 1.29 is 9.59 Å². The van der Waals surface area contributed by atoms with E-state index in [1.807, 2.05) is 25.3 Å². The summed E-state index contributed by atoms with van der Waals surface area (Å²) in [5.74, 6) is -0.868. The third-order valence-electron chi connectivity index (χ3n) is 3.62. The molecule has 1 amide bonds. The fourth-order valence-corrected chi connectivity index (χ4v) is 3.46. The van der Waals surface area contributed by atoms with Crippen molar-refractivity contribution in [1.82, 2.24) is 4.98 Å². The molecule has 0 radical (unpaired) electrons. The molecule has 0 bridgehead atoms. The van der Waals surface area contributed by atoms with E-state index in [9.17, 15) is 9.59 Å². The highest BCUT2D eigenvalue weighted by atomic mass is 32.1. The van der Waals surface area contributed by atoms with E-state index in [1.165, 1.54) is 0 Å². The van der Waals surface area contributed by atoms with E-state index in [2.05, 4.69) is 11.9 Å². The van der Waals surface area contributed by atoms with Crippen LogP contribution in [0.15, 0.2) is 17.5 Å².